The highest BCUT2D eigenvalue weighted by atomic mass is 19.1. The Balaban J connectivity index is 1.89. The van der Waals surface area contributed by atoms with Gasteiger partial charge in [-0.3, -0.25) is 0 Å². The van der Waals surface area contributed by atoms with Gasteiger partial charge in [0, 0.05) is 28.3 Å². The van der Waals surface area contributed by atoms with Gasteiger partial charge >= 0.3 is 0 Å². The number of rotatable bonds is 3. The van der Waals surface area contributed by atoms with E-state index >= 15 is 0 Å². The third kappa shape index (κ3) is 2.86. The molecule has 0 bridgehead atoms. The van der Waals surface area contributed by atoms with Crippen LogP contribution < -0.4 is 4.57 Å². The van der Waals surface area contributed by atoms with Crippen molar-refractivity contribution in [2.75, 3.05) is 0 Å². The summed E-state index contributed by atoms with van der Waals surface area (Å²) in [6, 6.07) is 18.1. The van der Waals surface area contributed by atoms with Gasteiger partial charge in [0.25, 0.3) is 0 Å². The number of para-hydroxylation sites is 1. The lowest BCUT2D eigenvalue weighted by Crippen LogP contribution is -2.33. The van der Waals surface area contributed by atoms with E-state index in [0.717, 1.165) is 39.6 Å². The van der Waals surface area contributed by atoms with Crippen LogP contribution in [0.15, 0.2) is 59.0 Å². The van der Waals surface area contributed by atoms with Crippen LogP contribution in [0.1, 0.15) is 25.0 Å². The van der Waals surface area contributed by atoms with Crippen molar-refractivity contribution in [1.82, 2.24) is 4.98 Å². The fraction of sp³-hybridized carbons (Fsp3) is 0.231. The summed E-state index contributed by atoms with van der Waals surface area (Å²) >= 11 is 0. The van der Waals surface area contributed by atoms with Crippen LogP contribution in [0.3, 0.4) is 0 Å². The van der Waals surface area contributed by atoms with Crippen molar-refractivity contribution in [1.29, 1.82) is 0 Å². The summed E-state index contributed by atoms with van der Waals surface area (Å²) < 4.78 is 22.1. The minimum absolute atomic E-state index is 0.336. The first kappa shape index (κ1) is 18.7. The van der Waals surface area contributed by atoms with E-state index in [1.165, 1.54) is 22.5 Å². The normalized spacial score (nSPS) is 11.9. The molecule has 150 valence electrons. The van der Waals surface area contributed by atoms with Crippen molar-refractivity contribution in [3.63, 3.8) is 0 Å². The molecule has 0 amide bonds. The highest BCUT2D eigenvalue weighted by molar-refractivity contribution is 6.08. The molecular weight excluding hydrogens is 375 g/mol. The number of hydrogen-bond acceptors (Lipinski definition) is 2. The van der Waals surface area contributed by atoms with Gasteiger partial charge in [0.1, 0.15) is 7.05 Å². The van der Waals surface area contributed by atoms with Crippen molar-refractivity contribution in [3.8, 4) is 11.3 Å². The van der Waals surface area contributed by atoms with Gasteiger partial charge in [-0.25, -0.2) is 0 Å². The average molecular weight is 399 g/mol. The smallest absolute Gasteiger partial charge is 0.229 e. The molecule has 0 saturated heterocycles. The highest BCUT2D eigenvalue weighted by Crippen LogP contribution is 2.37. The molecule has 0 saturated carbocycles. The minimum atomic E-state index is -0.532. The molecule has 0 aliphatic heterocycles. The van der Waals surface area contributed by atoms with Gasteiger partial charge in [0.15, 0.2) is 5.58 Å². The first-order valence-corrected chi connectivity index (χ1v) is 10.3. The second-order valence-corrected chi connectivity index (χ2v) is 8.45. The minimum Gasteiger partial charge on any atom is -0.437 e. The fourth-order valence-electron chi connectivity index (χ4n) is 4.47. The largest absolute Gasteiger partial charge is 0.437 e. The van der Waals surface area contributed by atoms with Crippen LogP contribution in [0.4, 0.5) is 4.39 Å². The topological polar surface area (TPSA) is 29.9 Å². The van der Waals surface area contributed by atoms with E-state index in [2.05, 4.69) is 73.8 Å². The van der Waals surface area contributed by atoms with Crippen LogP contribution in [-0.4, -0.2) is 4.98 Å². The molecule has 0 aliphatic rings. The van der Waals surface area contributed by atoms with E-state index in [1.807, 2.05) is 6.07 Å². The van der Waals surface area contributed by atoms with Gasteiger partial charge < -0.3 is 4.42 Å². The Kier molecular flexibility index (Phi) is 4.31. The lowest BCUT2D eigenvalue weighted by molar-refractivity contribution is -0.633. The Morgan fingerprint density at radius 3 is 2.57 bits per heavy atom. The summed E-state index contributed by atoms with van der Waals surface area (Å²) in [7, 11) is 2.09. The molecular formula is C26H24FN2O+. The quantitative estimate of drug-likeness (QED) is 0.264. The van der Waals surface area contributed by atoms with Gasteiger partial charge in [-0.15, -0.1) is 0 Å². The number of pyridine rings is 2. The number of nitrogens with zero attached hydrogens (tertiary/aromatic N) is 2. The van der Waals surface area contributed by atoms with Crippen LogP contribution >= 0.6 is 0 Å². The van der Waals surface area contributed by atoms with Gasteiger partial charge in [0.05, 0.1) is 5.56 Å². The predicted octanol–water partition coefficient (Wildman–Crippen LogP) is 6.27. The summed E-state index contributed by atoms with van der Waals surface area (Å²) in [5.74, 6) is 0.0135. The molecule has 0 radical (unpaired) electrons. The molecule has 3 heterocycles. The molecule has 0 aliphatic carbocycles. The molecule has 5 aromatic rings. The maximum absolute atomic E-state index is 13.7. The maximum Gasteiger partial charge on any atom is 0.229 e. The van der Waals surface area contributed by atoms with Crippen LogP contribution in [0.5, 0.6) is 0 Å². The number of benzene rings is 2. The van der Waals surface area contributed by atoms with Gasteiger partial charge in [0.2, 0.25) is 22.9 Å². The van der Waals surface area contributed by atoms with E-state index < -0.39 is 5.95 Å². The Morgan fingerprint density at radius 2 is 1.77 bits per heavy atom. The molecule has 0 unspecified atom stereocenters. The summed E-state index contributed by atoms with van der Waals surface area (Å²) in [5, 5.41) is 3.06. The number of aryl methyl sites for hydroxylation is 2. The number of hydrogen-bond donors (Lipinski definition) is 0. The molecule has 2 aromatic carbocycles. The average Bonchev–Trinajstić information content (AvgIpc) is 3.07. The molecule has 3 nitrogen and oxygen atoms in total. The van der Waals surface area contributed by atoms with Crippen molar-refractivity contribution < 1.29 is 13.4 Å². The molecule has 0 spiro atoms. The van der Waals surface area contributed by atoms with Crippen LogP contribution in [0, 0.1) is 18.8 Å². The van der Waals surface area contributed by atoms with Gasteiger partial charge in [-0.05, 0) is 48.6 Å². The van der Waals surface area contributed by atoms with E-state index in [4.69, 9.17) is 4.42 Å². The Bertz CT molecular complexity index is 1430. The lowest BCUT2D eigenvalue weighted by Gasteiger charge is -2.12. The molecule has 30 heavy (non-hydrogen) atoms. The van der Waals surface area contributed by atoms with Gasteiger partial charge in [-0.2, -0.15) is 13.9 Å². The maximum atomic E-state index is 13.7. The van der Waals surface area contributed by atoms with Crippen molar-refractivity contribution in [2.24, 2.45) is 13.0 Å². The van der Waals surface area contributed by atoms with Crippen molar-refractivity contribution in [2.45, 2.75) is 27.2 Å². The summed E-state index contributed by atoms with van der Waals surface area (Å²) in [6.07, 6.45) is 0.996. The van der Waals surface area contributed by atoms with E-state index in [0.29, 0.717) is 11.6 Å². The Morgan fingerprint density at radius 1 is 1.00 bits per heavy atom. The third-order valence-corrected chi connectivity index (χ3v) is 5.85. The second-order valence-electron chi connectivity index (χ2n) is 8.45. The summed E-state index contributed by atoms with van der Waals surface area (Å²) in [5.41, 5.74) is 6.83. The van der Waals surface area contributed by atoms with Crippen LogP contribution in [0.25, 0.3) is 44.2 Å². The van der Waals surface area contributed by atoms with Crippen molar-refractivity contribution >= 4 is 33.0 Å². The number of halogens is 1. The molecule has 0 N–H and O–H groups in total. The zero-order valence-electron chi connectivity index (χ0n) is 17.7. The zero-order valence-corrected chi connectivity index (χ0v) is 17.7. The van der Waals surface area contributed by atoms with E-state index in [9.17, 15) is 4.39 Å². The molecule has 3 aromatic heterocycles. The van der Waals surface area contributed by atoms with Gasteiger partial charge in [-0.1, -0.05) is 38.1 Å². The third-order valence-electron chi connectivity index (χ3n) is 5.85. The van der Waals surface area contributed by atoms with E-state index in [1.54, 1.807) is 6.07 Å². The van der Waals surface area contributed by atoms with Crippen molar-refractivity contribution in [3.05, 3.63) is 71.7 Å². The van der Waals surface area contributed by atoms with Crippen LogP contribution in [-0.2, 0) is 13.5 Å². The lowest BCUT2D eigenvalue weighted by atomic mass is 9.94. The van der Waals surface area contributed by atoms with Crippen LogP contribution in [0.2, 0.25) is 0 Å². The SMILES string of the molecule is Cc1ccc2c(oc3nc(F)ccc32)c1-c1cc(CC(C)C)c2ccccc2[n+]1C. The molecule has 0 fully saturated rings. The zero-order chi connectivity index (χ0) is 21.0. The second kappa shape index (κ2) is 6.91. The number of furan rings is 1. The Hall–Kier alpha value is -3.27. The fourth-order valence-corrected chi connectivity index (χ4v) is 4.47. The molecule has 4 heteroatoms. The highest BCUT2D eigenvalue weighted by Gasteiger charge is 2.24. The molecule has 0 atom stereocenters. The first-order chi connectivity index (χ1) is 14.4. The number of fused-ring (bicyclic) bond motifs is 4. The standard InChI is InChI=1S/C26H24FN2O/c1-15(2)13-17-14-22(29(4)21-8-6-5-7-18(17)21)24-16(3)9-10-19-20-11-12-23(27)28-26(20)30-25(19)24/h5-12,14-15H,13H2,1-4H3/q+1. The Labute approximate surface area is 174 Å². The monoisotopic (exact) mass is 399 g/mol. The summed E-state index contributed by atoms with van der Waals surface area (Å²) in [4.78, 5) is 3.97. The number of aromatic nitrogens is 2. The van der Waals surface area contributed by atoms with E-state index in [-0.39, 0.29) is 0 Å². The summed E-state index contributed by atoms with van der Waals surface area (Å²) in [6.45, 7) is 6.58. The first-order valence-electron chi connectivity index (χ1n) is 10.3. The molecule has 5 rings (SSSR count). The predicted molar refractivity (Wildman–Crippen MR) is 119 cm³/mol.